The van der Waals surface area contributed by atoms with Crippen molar-refractivity contribution in [3.05, 3.63) is 88.3 Å². The van der Waals surface area contributed by atoms with Crippen LogP contribution in [-0.2, 0) is 16.1 Å². The average molecular weight is 583 g/mol. The molecule has 0 radical (unpaired) electrons. The number of hydrogen-bond donors (Lipinski definition) is 1. The number of pyridine rings is 1. The van der Waals surface area contributed by atoms with Crippen LogP contribution in [0.2, 0.25) is 18.6 Å². The zero-order valence-electron chi connectivity index (χ0n) is 24.2. The number of halogens is 1. The predicted octanol–water partition coefficient (Wildman–Crippen LogP) is 4.89. The maximum Gasteiger partial charge on any atom is 0.297 e. The first-order valence-electron chi connectivity index (χ1n) is 13.8. The fraction of sp³-hybridized carbons (Fsp3) is 0.419. The molecule has 8 nitrogen and oxygen atoms in total. The summed E-state index contributed by atoms with van der Waals surface area (Å²) in [7, 11) is -0.388. The number of fused-ring (bicyclic) bond motifs is 1. The monoisotopic (exact) mass is 582 g/mol. The Kier molecular flexibility index (Phi) is 9.67. The van der Waals surface area contributed by atoms with Gasteiger partial charge in [0.2, 0.25) is 14.3 Å². The van der Waals surface area contributed by atoms with Crippen molar-refractivity contribution in [2.75, 3.05) is 27.4 Å². The Morgan fingerprint density at radius 3 is 2.51 bits per heavy atom. The summed E-state index contributed by atoms with van der Waals surface area (Å²) in [5.74, 6) is 0.246. The van der Waals surface area contributed by atoms with Gasteiger partial charge >= 0.3 is 0 Å². The van der Waals surface area contributed by atoms with Crippen LogP contribution in [0.1, 0.15) is 30.6 Å². The zero-order chi connectivity index (χ0) is 29.7. The molecule has 0 spiro atoms. The van der Waals surface area contributed by atoms with Crippen molar-refractivity contribution in [3.63, 3.8) is 0 Å². The van der Waals surface area contributed by atoms with Gasteiger partial charge in [-0.2, -0.15) is 0 Å². The molecule has 1 aromatic heterocycles. The SMILES string of the molecule is COc1cccn(-c2ccc3c(c2)[C@@H](OC)[C@H](C)[C@@H](C(CC(=O)N(CCO)Cc2ccccc2)[Si](C)(C)F)O3)c1=O. The highest BCUT2D eigenvalue weighted by Crippen LogP contribution is 2.47. The summed E-state index contributed by atoms with van der Waals surface area (Å²) in [5, 5.41) is 9.65. The number of amides is 1. The van der Waals surface area contributed by atoms with Crippen LogP contribution in [0.3, 0.4) is 0 Å². The van der Waals surface area contributed by atoms with E-state index in [2.05, 4.69) is 0 Å². The van der Waals surface area contributed by atoms with Crippen LogP contribution in [0.4, 0.5) is 4.11 Å². The van der Waals surface area contributed by atoms with Crippen molar-refractivity contribution in [2.45, 2.75) is 50.7 Å². The third kappa shape index (κ3) is 6.71. The number of ether oxygens (including phenoxy) is 3. The van der Waals surface area contributed by atoms with Gasteiger partial charge in [-0.05, 0) is 49.0 Å². The van der Waals surface area contributed by atoms with Gasteiger partial charge in [-0.15, -0.1) is 0 Å². The summed E-state index contributed by atoms with van der Waals surface area (Å²) >= 11 is 0. The second-order valence-corrected chi connectivity index (χ2v) is 14.8. The Hall–Kier alpha value is -3.47. The van der Waals surface area contributed by atoms with Gasteiger partial charge < -0.3 is 28.3 Å². The molecule has 1 aliphatic rings. The number of carbonyl (C=O) groups is 1. The first-order valence-corrected chi connectivity index (χ1v) is 16.8. The van der Waals surface area contributed by atoms with E-state index in [0.717, 1.165) is 11.1 Å². The van der Waals surface area contributed by atoms with Crippen molar-refractivity contribution in [3.8, 4) is 17.2 Å². The van der Waals surface area contributed by atoms with Crippen LogP contribution in [0.5, 0.6) is 11.5 Å². The number of aliphatic hydroxyl groups excluding tert-OH is 1. The summed E-state index contributed by atoms with van der Waals surface area (Å²) in [6.45, 7) is 5.45. The van der Waals surface area contributed by atoms with Gasteiger partial charge in [0.1, 0.15) is 11.9 Å². The largest absolute Gasteiger partial charge is 0.491 e. The number of aromatic nitrogens is 1. The molecule has 2 aromatic carbocycles. The van der Waals surface area contributed by atoms with E-state index in [4.69, 9.17) is 14.2 Å². The van der Waals surface area contributed by atoms with Gasteiger partial charge in [-0.3, -0.25) is 14.2 Å². The molecule has 1 amide bonds. The van der Waals surface area contributed by atoms with E-state index < -0.39 is 26.2 Å². The maximum atomic E-state index is 16.0. The molecule has 1 unspecified atom stereocenters. The standard InChI is InChI=1S/C31H39FN2O6Si/c1-21-29(39-3)24-18-23(34-15-9-12-26(38-2)31(34)37)13-14-25(24)40-30(21)27(41(4,5)32)19-28(36)33(16-17-35)20-22-10-7-6-8-11-22/h6-15,18,21,27,29-30,35H,16-17,19-20H2,1-5H3/t21-,27?,29-,30-/m0/s1. The molecule has 0 bridgehead atoms. The minimum atomic E-state index is -3.43. The van der Waals surface area contributed by atoms with Crippen LogP contribution in [0.25, 0.3) is 5.69 Å². The first-order chi connectivity index (χ1) is 19.6. The quantitative estimate of drug-likeness (QED) is 0.256. The predicted molar refractivity (Wildman–Crippen MR) is 158 cm³/mol. The second-order valence-electron chi connectivity index (χ2n) is 11.0. The van der Waals surface area contributed by atoms with Crippen LogP contribution in [-0.4, -0.2) is 62.4 Å². The molecule has 0 aliphatic carbocycles. The number of benzene rings is 2. The number of hydrogen-bond acceptors (Lipinski definition) is 6. The molecule has 41 heavy (non-hydrogen) atoms. The minimum absolute atomic E-state index is 0.0411. The fourth-order valence-corrected chi connectivity index (χ4v) is 7.44. The van der Waals surface area contributed by atoms with E-state index in [1.54, 1.807) is 55.6 Å². The molecule has 220 valence electrons. The Bertz CT molecular complexity index is 1390. The molecular formula is C31H39FN2O6Si. The highest BCUT2D eigenvalue weighted by molar-refractivity contribution is 6.72. The second kappa shape index (κ2) is 13.0. The average Bonchev–Trinajstić information content (AvgIpc) is 2.95. The van der Waals surface area contributed by atoms with E-state index in [9.17, 15) is 14.7 Å². The lowest BCUT2D eigenvalue weighted by molar-refractivity contribution is -0.133. The number of methoxy groups -OCH3 is 2. The van der Waals surface area contributed by atoms with Crippen LogP contribution in [0.15, 0.2) is 71.7 Å². The maximum absolute atomic E-state index is 16.0. The minimum Gasteiger partial charge on any atom is -0.491 e. The van der Waals surface area contributed by atoms with Gasteiger partial charge in [0, 0.05) is 55.5 Å². The molecule has 0 fully saturated rings. The van der Waals surface area contributed by atoms with E-state index in [0.29, 0.717) is 18.0 Å². The molecule has 4 rings (SSSR count). The highest BCUT2D eigenvalue weighted by Gasteiger charge is 2.48. The Morgan fingerprint density at radius 2 is 1.88 bits per heavy atom. The van der Waals surface area contributed by atoms with Gasteiger partial charge in [0.15, 0.2) is 5.75 Å². The molecule has 10 heteroatoms. The van der Waals surface area contributed by atoms with E-state index in [1.165, 1.54) is 11.7 Å². The molecule has 4 atom stereocenters. The van der Waals surface area contributed by atoms with Gasteiger partial charge in [-0.1, -0.05) is 37.3 Å². The Morgan fingerprint density at radius 1 is 1.15 bits per heavy atom. The van der Waals surface area contributed by atoms with Crippen LogP contribution < -0.4 is 15.0 Å². The van der Waals surface area contributed by atoms with E-state index in [1.807, 2.05) is 43.3 Å². The van der Waals surface area contributed by atoms with Crippen LogP contribution in [0, 0.1) is 5.92 Å². The van der Waals surface area contributed by atoms with Crippen LogP contribution >= 0.6 is 0 Å². The third-order valence-corrected chi connectivity index (χ3v) is 10.1. The summed E-state index contributed by atoms with van der Waals surface area (Å²) in [6.07, 6.45) is 0.565. The zero-order valence-corrected chi connectivity index (χ0v) is 25.2. The lowest BCUT2D eigenvalue weighted by Crippen LogP contribution is -2.48. The third-order valence-electron chi connectivity index (χ3n) is 7.83. The molecule has 1 N–H and O–H groups in total. The summed E-state index contributed by atoms with van der Waals surface area (Å²) in [4.78, 5) is 28.0. The number of nitrogens with zero attached hydrogens (tertiary/aromatic N) is 2. The Labute approximate surface area is 241 Å². The summed E-state index contributed by atoms with van der Waals surface area (Å²) in [5.41, 5.74) is 1.35. The molecule has 2 heterocycles. The Balaban J connectivity index is 1.64. The smallest absolute Gasteiger partial charge is 0.297 e. The van der Waals surface area contributed by atoms with E-state index >= 15 is 4.11 Å². The number of carbonyl (C=O) groups excluding carboxylic acids is 1. The summed E-state index contributed by atoms with van der Waals surface area (Å²) < 4.78 is 35.1. The molecule has 1 aliphatic heterocycles. The summed E-state index contributed by atoms with van der Waals surface area (Å²) in [6, 6.07) is 18.2. The number of aliphatic hydroxyl groups is 1. The lowest BCUT2D eigenvalue weighted by Gasteiger charge is -2.43. The number of rotatable bonds is 11. The van der Waals surface area contributed by atoms with Gasteiger partial charge in [0.25, 0.3) is 5.56 Å². The van der Waals surface area contributed by atoms with Crippen molar-refractivity contribution in [1.29, 1.82) is 0 Å². The van der Waals surface area contributed by atoms with Crippen molar-refractivity contribution in [1.82, 2.24) is 9.47 Å². The topological polar surface area (TPSA) is 90.2 Å². The fourth-order valence-electron chi connectivity index (χ4n) is 5.63. The highest BCUT2D eigenvalue weighted by atomic mass is 28.4. The lowest BCUT2D eigenvalue weighted by atomic mass is 9.86. The van der Waals surface area contributed by atoms with Gasteiger partial charge in [0.05, 0.1) is 19.8 Å². The van der Waals surface area contributed by atoms with E-state index in [-0.39, 0.29) is 42.7 Å². The molecule has 0 saturated carbocycles. The normalized spacial score (nSPS) is 19.1. The first kappa shape index (κ1) is 30.5. The van der Waals surface area contributed by atoms with Crippen molar-refractivity contribution in [2.24, 2.45) is 5.92 Å². The van der Waals surface area contributed by atoms with Crippen molar-refractivity contribution >= 4 is 14.3 Å². The van der Waals surface area contributed by atoms with Gasteiger partial charge in [-0.25, -0.2) is 0 Å². The molecule has 0 saturated heterocycles. The molecule has 3 aromatic rings. The molecular weight excluding hydrogens is 543 g/mol. The van der Waals surface area contributed by atoms with Crippen molar-refractivity contribution < 1.29 is 28.2 Å².